The molecule has 0 saturated carbocycles. The first kappa shape index (κ1) is 26.6. The molecule has 3 heterocycles. The summed E-state index contributed by atoms with van der Waals surface area (Å²) in [6.07, 6.45) is -4.58. The number of fused-ring (bicyclic) bond motifs is 2. The van der Waals surface area contributed by atoms with Crippen LogP contribution in [0, 0.1) is 0 Å². The summed E-state index contributed by atoms with van der Waals surface area (Å²) in [5.74, 6) is -2.89. The quantitative estimate of drug-likeness (QED) is 0.300. The third-order valence-corrected chi connectivity index (χ3v) is 6.43. The van der Waals surface area contributed by atoms with Crippen molar-refractivity contribution in [3.05, 3.63) is 75.7 Å². The van der Waals surface area contributed by atoms with Crippen molar-refractivity contribution in [3.63, 3.8) is 0 Å². The molecule has 1 atom stereocenters. The van der Waals surface area contributed by atoms with Gasteiger partial charge in [0.25, 0.3) is 5.91 Å². The second-order valence-electron chi connectivity index (χ2n) is 7.97. The minimum Gasteiger partial charge on any atom is -0.475 e. The van der Waals surface area contributed by atoms with E-state index in [1.807, 2.05) is 5.38 Å². The number of carboxylic acid groups (broad SMARTS) is 2. The second-order valence-corrected chi connectivity index (χ2v) is 8.95. The zero-order valence-electron chi connectivity index (χ0n) is 19.3. The minimum atomic E-state index is -5.08. The Morgan fingerprint density at radius 2 is 1.87 bits per heavy atom. The van der Waals surface area contributed by atoms with Gasteiger partial charge in [-0.15, -0.1) is 11.3 Å². The molecule has 15 heteroatoms. The van der Waals surface area contributed by atoms with Gasteiger partial charge in [-0.1, -0.05) is 24.3 Å². The van der Waals surface area contributed by atoms with Gasteiger partial charge in [0.15, 0.2) is 5.72 Å². The Bertz CT molecular complexity index is 1520. The van der Waals surface area contributed by atoms with Gasteiger partial charge in [0.05, 0.1) is 17.6 Å². The predicted molar refractivity (Wildman–Crippen MR) is 128 cm³/mol. The molecule has 4 aromatic rings. The molecule has 2 aromatic carbocycles. The van der Waals surface area contributed by atoms with Crippen LogP contribution < -0.4 is 4.90 Å². The number of amides is 2. The van der Waals surface area contributed by atoms with Crippen LogP contribution in [-0.4, -0.2) is 66.4 Å². The first-order valence-electron chi connectivity index (χ1n) is 10.6. The molecular weight excluding hydrogens is 531 g/mol. The highest BCUT2D eigenvalue weighted by atomic mass is 32.1. The Labute approximate surface area is 215 Å². The molecule has 5 rings (SSSR count). The van der Waals surface area contributed by atoms with Crippen molar-refractivity contribution >= 4 is 46.3 Å². The van der Waals surface area contributed by atoms with E-state index in [1.54, 1.807) is 48.7 Å². The van der Waals surface area contributed by atoms with E-state index in [4.69, 9.17) is 9.90 Å². The van der Waals surface area contributed by atoms with Crippen LogP contribution in [0.15, 0.2) is 54.0 Å². The molecule has 4 N–H and O–H groups in total. The molecule has 0 aliphatic carbocycles. The summed E-state index contributed by atoms with van der Waals surface area (Å²) in [4.78, 5) is 47.2. The fraction of sp³-hybridized carbons (Fsp3) is 0.174. The molecule has 0 spiro atoms. The normalized spacial score (nSPS) is 16.7. The number of alkyl halides is 3. The zero-order valence-corrected chi connectivity index (χ0v) is 20.1. The van der Waals surface area contributed by atoms with Crippen LogP contribution in [0.4, 0.5) is 23.9 Å². The van der Waals surface area contributed by atoms with E-state index in [-0.39, 0.29) is 18.4 Å². The van der Waals surface area contributed by atoms with Crippen molar-refractivity contribution in [1.82, 2.24) is 19.9 Å². The molecule has 38 heavy (non-hydrogen) atoms. The number of aliphatic hydroxyl groups is 1. The van der Waals surface area contributed by atoms with Gasteiger partial charge < -0.3 is 20.3 Å². The molecule has 2 aromatic heterocycles. The number of carbonyl (C=O) groups is 3. The van der Waals surface area contributed by atoms with E-state index in [0.717, 1.165) is 4.90 Å². The number of carboxylic acids is 1. The molecule has 0 fully saturated rings. The number of halogens is 3. The van der Waals surface area contributed by atoms with Crippen molar-refractivity contribution in [2.75, 3.05) is 11.9 Å². The largest absolute Gasteiger partial charge is 0.490 e. The number of imidazole rings is 1. The van der Waals surface area contributed by atoms with E-state index < -0.39 is 24.0 Å². The molecule has 198 valence electrons. The Kier molecular flexibility index (Phi) is 6.82. The number of aromatic nitrogens is 3. The van der Waals surface area contributed by atoms with Gasteiger partial charge in [0.2, 0.25) is 5.95 Å². The van der Waals surface area contributed by atoms with E-state index >= 15 is 0 Å². The fourth-order valence-corrected chi connectivity index (χ4v) is 4.44. The Balaban J connectivity index is 0.000000426. The summed E-state index contributed by atoms with van der Waals surface area (Å²) in [7, 11) is 1.39. The molecule has 1 unspecified atom stereocenters. The second kappa shape index (κ2) is 9.75. The van der Waals surface area contributed by atoms with Crippen LogP contribution in [0.5, 0.6) is 0 Å². The third kappa shape index (κ3) is 4.76. The number of nitrogens with zero attached hydrogens (tertiary/aromatic N) is 4. The van der Waals surface area contributed by atoms with Crippen LogP contribution in [0.3, 0.4) is 0 Å². The lowest BCUT2D eigenvalue weighted by atomic mass is 9.93. The van der Waals surface area contributed by atoms with Crippen molar-refractivity contribution in [2.24, 2.45) is 0 Å². The minimum absolute atomic E-state index is 0.146. The highest BCUT2D eigenvalue weighted by Gasteiger charge is 2.50. The highest BCUT2D eigenvalue weighted by molar-refractivity contribution is 7.09. The van der Waals surface area contributed by atoms with Crippen molar-refractivity contribution in [1.29, 1.82) is 0 Å². The first-order valence-corrected chi connectivity index (χ1v) is 11.5. The van der Waals surface area contributed by atoms with Crippen LogP contribution in [0.2, 0.25) is 0 Å². The van der Waals surface area contributed by atoms with Gasteiger partial charge in [-0.2, -0.15) is 13.2 Å². The molecule has 11 nitrogen and oxygen atoms in total. The molecule has 1 aliphatic heterocycles. The summed E-state index contributed by atoms with van der Waals surface area (Å²) in [6.45, 7) is 0.146. The number of thiazole rings is 1. The molecule has 2 amide bonds. The number of hydrogen-bond donors (Lipinski definition) is 4. The van der Waals surface area contributed by atoms with E-state index in [1.165, 1.54) is 23.3 Å². The number of rotatable bonds is 4. The van der Waals surface area contributed by atoms with Crippen LogP contribution in [-0.2, 0) is 17.1 Å². The van der Waals surface area contributed by atoms with Gasteiger partial charge in [-0.05, 0) is 18.2 Å². The van der Waals surface area contributed by atoms with Gasteiger partial charge in [0.1, 0.15) is 5.01 Å². The summed E-state index contributed by atoms with van der Waals surface area (Å²) in [6, 6.07) is 12.0. The summed E-state index contributed by atoms with van der Waals surface area (Å²) in [5, 5.41) is 30.8. The Morgan fingerprint density at radius 3 is 2.47 bits per heavy atom. The van der Waals surface area contributed by atoms with Crippen molar-refractivity contribution in [2.45, 2.75) is 18.4 Å². The van der Waals surface area contributed by atoms with E-state index in [0.29, 0.717) is 32.7 Å². The lowest BCUT2D eigenvalue weighted by molar-refractivity contribution is -0.192. The topological polar surface area (TPSA) is 160 Å². The van der Waals surface area contributed by atoms with E-state index in [9.17, 15) is 33.0 Å². The fourth-order valence-electron chi connectivity index (χ4n) is 3.83. The third-order valence-electron chi connectivity index (χ3n) is 5.67. The number of nitrogens with one attached hydrogen (secondary N) is 1. The SMILES string of the molecule is CN(C(=O)O)c1nc2cc(C3(O)c4ccccc4C(=O)N3Cc3nccs3)ccc2[nH]1.O=C(O)C(F)(F)F. The monoisotopic (exact) mass is 549 g/mol. The summed E-state index contributed by atoms with van der Waals surface area (Å²) in [5.41, 5.74) is 0.723. The van der Waals surface area contributed by atoms with Gasteiger partial charge in [0, 0.05) is 35.3 Å². The van der Waals surface area contributed by atoms with E-state index in [2.05, 4.69) is 15.0 Å². The maximum absolute atomic E-state index is 13.2. The average molecular weight is 549 g/mol. The van der Waals surface area contributed by atoms with Crippen molar-refractivity contribution < 1.29 is 42.9 Å². The highest BCUT2D eigenvalue weighted by Crippen LogP contribution is 2.43. The predicted octanol–water partition coefficient (Wildman–Crippen LogP) is 3.62. The lowest BCUT2D eigenvalue weighted by Crippen LogP contribution is -2.44. The van der Waals surface area contributed by atoms with Gasteiger partial charge in [-0.25, -0.2) is 19.6 Å². The summed E-state index contributed by atoms with van der Waals surface area (Å²) < 4.78 is 31.7. The van der Waals surface area contributed by atoms with Gasteiger partial charge >= 0.3 is 18.2 Å². The first-order chi connectivity index (χ1) is 17.8. The average Bonchev–Trinajstić information content (AvgIpc) is 3.59. The van der Waals surface area contributed by atoms with Crippen molar-refractivity contribution in [3.8, 4) is 0 Å². The number of aliphatic carboxylic acids is 1. The Hall–Kier alpha value is -4.50. The van der Waals surface area contributed by atoms with Crippen LogP contribution in [0.1, 0.15) is 26.5 Å². The van der Waals surface area contributed by atoms with Crippen LogP contribution in [0.25, 0.3) is 11.0 Å². The van der Waals surface area contributed by atoms with Crippen LogP contribution >= 0.6 is 11.3 Å². The Morgan fingerprint density at radius 1 is 1.18 bits per heavy atom. The zero-order chi connectivity index (χ0) is 27.8. The number of carbonyl (C=O) groups excluding carboxylic acids is 1. The molecule has 0 bridgehead atoms. The number of H-pyrrole nitrogens is 1. The molecule has 1 aliphatic rings. The molecular formula is C23H18F3N5O6S. The number of aromatic amines is 1. The lowest BCUT2D eigenvalue weighted by Gasteiger charge is -2.34. The summed E-state index contributed by atoms with van der Waals surface area (Å²) >= 11 is 1.40. The standard InChI is InChI=1S/C21H17N5O4S.C2HF3O2/c1-25(20(28)29)19-23-15-7-6-12(10-16(15)24-19)21(30)14-5-3-2-4-13(14)18(27)26(21)11-17-22-8-9-31-17;3-2(4,5)1(6)7/h2-10,30H,11H2,1H3,(H,23,24)(H,28,29);(H,6,7). The van der Waals surface area contributed by atoms with Gasteiger partial charge in [-0.3, -0.25) is 14.6 Å². The number of hydrogen-bond acceptors (Lipinski definition) is 7. The number of anilines is 1. The maximum atomic E-state index is 13.2. The molecule has 0 radical (unpaired) electrons. The molecule has 0 saturated heterocycles. The smallest absolute Gasteiger partial charge is 0.475 e. The maximum Gasteiger partial charge on any atom is 0.490 e. The number of benzene rings is 2.